The lowest BCUT2D eigenvalue weighted by atomic mass is 9.90. The maximum atomic E-state index is 6.20. The molecular weight excluding hydrogens is 210 g/mol. The van der Waals surface area contributed by atoms with Gasteiger partial charge in [0.1, 0.15) is 0 Å². The number of rotatable bonds is 1. The Kier molecular flexibility index (Phi) is 2.48. The molecule has 88 valence electrons. The Morgan fingerprint density at radius 2 is 2.06 bits per heavy atom. The number of nitrogens with one attached hydrogen (secondary N) is 1. The van der Waals surface area contributed by atoms with Gasteiger partial charge in [0.05, 0.1) is 5.69 Å². The average molecular weight is 227 g/mol. The van der Waals surface area contributed by atoms with Gasteiger partial charge < -0.3 is 5.73 Å². The van der Waals surface area contributed by atoms with Gasteiger partial charge in [-0.05, 0) is 26.2 Å². The van der Waals surface area contributed by atoms with Crippen LogP contribution in [0.1, 0.15) is 35.7 Å². The normalized spacial score (nSPS) is 19.1. The molecule has 1 unspecified atom stereocenters. The Morgan fingerprint density at radius 1 is 1.29 bits per heavy atom. The summed E-state index contributed by atoms with van der Waals surface area (Å²) in [5.74, 6) is 0. The van der Waals surface area contributed by atoms with Gasteiger partial charge in [-0.25, -0.2) is 0 Å². The zero-order chi connectivity index (χ0) is 11.8. The van der Waals surface area contributed by atoms with E-state index in [-0.39, 0.29) is 6.04 Å². The number of aromatic amines is 1. The number of nitrogens with zero attached hydrogens (tertiary/aromatic N) is 1. The number of aromatic nitrogens is 2. The van der Waals surface area contributed by atoms with Crippen LogP contribution < -0.4 is 5.73 Å². The third kappa shape index (κ3) is 1.76. The van der Waals surface area contributed by atoms with Crippen molar-refractivity contribution in [3.05, 3.63) is 41.1 Å². The summed E-state index contributed by atoms with van der Waals surface area (Å²) in [5.41, 5.74) is 12.1. The molecular formula is C14H17N3. The van der Waals surface area contributed by atoms with E-state index in [9.17, 15) is 0 Å². The van der Waals surface area contributed by atoms with Crippen LogP contribution in [0.25, 0.3) is 11.3 Å². The molecule has 0 bridgehead atoms. The SMILES string of the molecule is Cc1ccc(-c2n[nH]c3c2C(N)CCC3)cc1. The molecule has 0 aliphatic heterocycles. The fourth-order valence-electron chi connectivity index (χ4n) is 2.55. The molecule has 0 fully saturated rings. The fraction of sp³-hybridized carbons (Fsp3) is 0.357. The molecule has 3 rings (SSSR count). The third-order valence-electron chi connectivity index (χ3n) is 3.52. The summed E-state index contributed by atoms with van der Waals surface area (Å²) in [6, 6.07) is 8.60. The Hall–Kier alpha value is -1.61. The maximum Gasteiger partial charge on any atom is 0.0971 e. The molecule has 1 aliphatic rings. The molecule has 3 heteroatoms. The average Bonchev–Trinajstić information content (AvgIpc) is 2.75. The molecule has 1 atom stereocenters. The van der Waals surface area contributed by atoms with E-state index < -0.39 is 0 Å². The first-order valence-electron chi connectivity index (χ1n) is 6.15. The highest BCUT2D eigenvalue weighted by Crippen LogP contribution is 2.34. The number of hydrogen-bond donors (Lipinski definition) is 2. The number of fused-ring (bicyclic) bond motifs is 1. The molecule has 17 heavy (non-hydrogen) atoms. The van der Waals surface area contributed by atoms with Gasteiger partial charge in [0.2, 0.25) is 0 Å². The van der Waals surface area contributed by atoms with Gasteiger partial charge in [-0.15, -0.1) is 0 Å². The second-order valence-corrected chi connectivity index (χ2v) is 4.83. The quantitative estimate of drug-likeness (QED) is 0.787. The van der Waals surface area contributed by atoms with E-state index >= 15 is 0 Å². The molecule has 0 spiro atoms. The fourth-order valence-corrected chi connectivity index (χ4v) is 2.55. The Morgan fingerprint density at radius 3 is 2.82 bits per heavy atom. The molecule has 2 aromatic rings. The van der Waals surface area contributed by atoms with Crippen LogP contribution in [-0.2, 0) is 6.42 Å². The van der Waals surface area contributed by atoms with E-state index in [0.29, 0.717) is 0 Å². The Balaban J connectivity index is 2.09. The predicted octanol–water partition coefficient (Wildman–Crippen LogP) is 2.72. The van der Waals surface area contributed by atoms with Gasteiger partial charge in [-0.1, -0.05) is 29.8 Å². The van der Waals surface area contributed by atoms with E-state index in [1.165, 1.54) is 16.8 Å². The largest absolute Gasteiger partial charge is 0.324 e. The minimum Gasteiger partial charge on any atom is -0.324 e. The topological polar surface area (TPSA) is 54.7 Å². The molecule has 3 N–H and O–H groups in total. The van der Waals surface area contributed by atoms with Crippen LogP contribution in [0.3, 0.4) is 0 Å². The van der Waals surface area contributed by atoms with Gasteiger partial charge in [0.15, 0.2) is 0 Å². The first-order valence-corrected chi connectivity index (χ1v) is 6.15. The smallest absolute Gasteiger partial charge is 0.0971 e. The molecule has 1 aromatic carbocycles. The summed E-state index contributed by atoms with van der Waals surface area (Å²) in [4.78, 5) is 0. The standard InChI is InChI=1S/C14H17N3/c1-9-5-7-10(8-6-9)14-13-11(15)3-2-4-12(13)16-17-14/h5-8,11H,2-4,15H2,1H3,(H,16,17). The second-order valence-electron chi connectivity index (χ2n) is 4.83. The number of aryl methyl sites for hydroxylation is 2. The predicted molar refractivity (Wildman–Crippen MR) is 68.6 cm³/mol. The molecule has 1 heterocycles. The molecule has 1 aromatic heterocycles. The molecule has 3 nitrogen and oxygen atoms in total. The highest BCUT2D eigenvalue weighted by Gasteiger charge is 2.23. The van der Waals surface area contributed by atoms with Crippen LogP contribution in [0.5, 0.6) is 0 Å². The van der Waals surface area contributed by atoms with E-state index in [2.05, 4.69) is 41.4 Å². The van der Waals surface area contributed by atoms with Gasteiger partial charge >= 0.3 is 0 Å². The van der Waals surface area contributed by atoms with Crippen LogP contribution in [0.4, 0.5) is 0 Å². The second kappa shape index (κ2) is 4.00. The van der Waals surface area contributed by atoms with Gasteiger partial charge in [-0.2, -0.15) is 5.10 Å². The van der Waals surface area contributed by atoms with E-state index in [0.717, 1.165) is 30.5 Å². The highest BCUT2D eigenvalue weighted by atomic mass is 15.1. The summed E-state index contributed by atoms with van der Waals surface area (Å²) >= 11 is 0. The van der Waals surface area contributed by atoms with E-state index in [4.69, 9.17) is 5.73 Å². The van der Waals surface area contributed by atoms with Crippen molar-refractivity contribution in [1.29, 1.82) is 0 Å². The lowest BCUT2D eigenvalue weighted by Crippen LogP contribution is -2.17. The van der Waals surface area contributed by atoms with E-state index in [1.807, 2.05) is 0 Å². The van der Waals surface area contributed by atoms with Gasteiger partial charge in [-0.3, -0.25) is 5.10 Å². The lowest BCUT2D eigenvalue weighted by molar-refractivity contribution is 0.567. The first kappa shape index (κ1) is 10.5. The van der Waals surface area contributed by atoms with Crippen molar-refractivity contribution in [3.8, 4) is 11.3 Å². The summed E-state index contributed by atoms with van der Waals surface area (Å²) in [6.07, 6.45) is 3.29. The first-order chi connectivity index (χ1) is 8.25. The zero-order valence-corrected chi connectivity index (χ0v) is 10.0. The summed E-state index contributed by atoms with van der Waals surface area (Å²) < 4.78 is 0. The Bertz CT molecular complexity index is 525. The van der Waals surface area contributed by atoms with Crippen molar-refractivity contribution in [2.24, 2.45) is 5.73 Å². The maximum absolute atomic E-state index is 6.20. The van der Waals surface area contributed by atoms with Crippen molar-refractivity contribution < 1.29 is 0 Å². The van der Waals surface area contributed by atoms with Crippen LogP contribution in [-0.4, -0.2) is 10.2 Å². The van der Waals surface area contributed by atoms with Crippen LogP contribution in [0.15, 0.2) is 24.3 Å². The number of nitrogens with two attached hydrogens (primary N) is 1. The molecule has 0 amide bonds. The molecule has 0 saturated carbocycles. The lowest BCUT2D eigenvalue weighted by Gasteiger charge is -2.19. The molecule has 0 saturated heterocycles. The number of hydrogen-bond acceptors (Lipinski definition) is 2. The zero-order valence-electron chi connectivity index (χ0n) is 10.0. The summed E-state index contributed by atoms with van der Waals surface area (Å²) in [7, 11) is 0. The van der Waals surface area contributed by atoms with E-state index in [1.54, 1.807) is 0 Å². The molecule has 0 radical (unpaired) electrons. The van der Waals surface area contributed by atoms with Crippen LogP contribution >= 0.6 is 0 Å². The minimum atomic E-state index is 0.133. The summed E-state index contributed by atoms with van der Waals surface area (Å²) in [6.45, 7) is 2.09. The van der Waals surface area contributed by atoms with Crippen molar-refractivity contribution in [1.82, 2.24) is 10.2 Å². The van der Waals surface area contributed by atoms with Crippen molar-refractivity contribution >= 4 is 0 Å². The van der Waals surface area contributed by atoms with Crippen molar-refractivity contribution in [2.45, 2.75) is 32.2 Å². The minimum absolute atomic E-state index is 0.133. The molecule has 1 aliphatic carbocycles. The number of benzene rings is 1. The van der Waals surface area contributed by atoms with Crippen LogP contribution in [0.2, 0.25) is 0 Å². The van der Waals surface area contributed by atoms with Gasteiger partial charge in [0, 0.05) is 22.9 Å². The summed E-state index contributed by atoms with van der Waals surface area (Å²) in [5, 5.41) is 7.58. The van der Waals surface area contributed by atoms with Gasteiger partial charge in [0.25, 0.3) is 0 Å². The highest BCUT2D eigenvalue weighted by molar-refractivity contribution is 5.65. The van der Waals surface area contributed by atoms with Crippen LogP contribution in [0, 0.1) is 6.92 Å². The van der Waals surface area contributed by atoms with Crippen molar-refractivity contribution in [2.75, 3.05) is 0 Å². The Labute approximate surface area is 101 Å². The number of H-pyrrole nitrogens is 1. The van der Waals surface area contributed by atoms with Crippen molar-refractivity contribution in [3.63, 3.8) is 0 Å². The monoisotopic (exact) mass is 227 g/mol. The third-order valence-corrected chi connectivity index (χ3v) is 3.52.